The van der Waals surface area contributed by atoms with Crippen molar-refractivity contribution in [2.45, 2.75) is 26.9 Å². The second-order valence-corrected chi connectivity index (χ2v) is 2.31. The molecule has 0 spiro atoms. The molecule has 0 rings (SSSR count). The fourth-order valence-corrected chi connectivity index (χ4v) is 0.544. The zero-order valence-corrected chi connectivity index (χ0v) is 7.22. The van der Waals surface area contributed by atoms with Crippen molar-refractivity contribution in [3.63, 3.8) is 0 Å². The molecule has 0 aromatic heterocycles. The van der Waals surface area contributed by atoms with Crippen LogP contribution in [0.15, 0.2) is 12.3 Å². The predicted molar refractivity (Wildman–Crippen MR) is 42.0 cm³/mol. The van der Waals surface area contributed by atoms with Crippen molar-refractivity contribution >= 4 is 5.97 Å². The third-order valence-corrected chi connectivity index (χ3v) is 0.881. The zero-order chi connectivity index (χ0) is 8.85. The zero-order valence-electron chi connectivity index (χ0n) is 7.22. The lowest BCUT2D eigenvalue weighted by atomic mass is 10.4. The summed E-state index contributed by atoms with van der Waals surface area (Å²) < 4.78 is 9.64. The molecule has 0 amide bonds. The monoisotopic (exact) mass is 158 g/mol. The maximum absolute atomic E-state index is 10.8. The van der Waals surface area contributed by atoms with Crippen molar-refractivity contribution in [1.82, 2.24) is 0 Å². The fourth-order valence-electron chi connectivity index (χ4n) is 0.544. The Morgan fingerprint density at radius 1 is 1.55 bits per heavy atom. The molecule has 0 atom stereocenters. The fraction of sp³-hybridized carbons (Fsp3) is 0.625. The maximum Gasteiger partial charge on any atom is 0.372 e. The van der Waals surface area contributed by atoms with Crippen LogP contribution in [0.25, 0.3) is 0 Å². The molecule has 0 heterocycles. The number of carbonyl (C=O) groups is 1. The molecule has 0 unspecified atom stereocenters. The molecule has 0 radical (unpaired) electrons. The van der Waals surface area contributed by atoms with E-state index in [2.05, 4.69) is 11.3 Å². The molecule has 0 aromatic rings. The van der Waals surface area contributed by atoms with E-state index >= 15 is 0 Å². The summed E-state index contributed by atoms with van der Waals surface area (Å²) in [5.74, 6) is -0.414. The van der Waals surface area contributed by atoms with E-state index < -0.39 is 5.97 Å². The number of carbonyl (C=O) groups excluding carboxylic acids is 1. The predicted octanol–water partition coefficient (Wildman–Crippen LogP) is 1.49. The van der Waals surface area contributed by atoms with Crippen LogP contribution >= 0.6 is 0 Å². The second kappa shape index (κ2) is 4.77. The topological polar surface area (TPSA) is 35.5 Å². The Balaban J connectivity index is 3.74. The summed E-state index contributed by atoms with van der Waals surface area (Å²) in [5.41, 5.74) is 0. The maximum atomic E-state index is 10.8. The van der Waals surface area contributed by atoms with Crippen molar-refractivity contribution in [3.05, 3.63) is 12.3 Å². The van der Waals surface area contributed by atoms with Crippen LogP contribution in [-0.4, -0.2) is 18.7 Å². The van der Waals surface area contributed by atoms with Gasteiger partial charge in [0.25, 0.3) is 0 Å². The number of hydrogen-bond acceptors (Lipinski definition) is 3. The standard InChI is InChI=1S/C8H14O3/c1-5-10-8(9)7(4)11-6(2)3/h6H,4-5H2,1-3H3. The Labute approximate surface area is 67.0 Å². The average Bonchev–Trinajstić information content (AvgIpc) is 1.86. The van der Waals surface area contributed by atoms with Gasteiger partial charge in [0, 0.05) is 0 Å². The van der Waals surface area contributed by atoms with Crippen LogP contribution in [0, 0.1) is 0 Å². The average molecular weight is 158 g/mol. The van der Waals surface area contributed by atoms with Crippen molar-refractivity contribution in [1.29, 1.82) is 0 Å². The van der Waals surface area contributed by atoms with E-state index in [1.165, 1.54) is 0 Å². The van der Waals surface area contributed by atoms with Crippen molar-refractivity contribution in [2.75, 3.05) is 6.61 Å². The smallest absolute Gasteiger partial charge is 0.372 e. The Kier molecular flexibility index (Phi) is 4.34. The lowest BCUT2D eigenvalue weighted by molar-refractivity contribution is -0.143. The molecular weight excluding hydrogens is 144 g/mol. The van der Waals surface area contributed by atoms with E-state index in [-0.39, 0.29) is 11.9 Å². The lowest BCUT2D eigenvalue weighted by Gasteiger charge is -2.10. The van der Waals surface area contributed by atoms with Crippen LogP contribution in [-0.2, 0) is 14.3 Å². The summed E-state index contributed by atoms with van der Waals surface area (Å²) in [7, 11) is 0. The number of esters is 1. The minimum atomic E-state index is -0.485. The Morgan fingerprint density at radius 3 is 2.45 bits per heavy atom. The highest BCUT2D eigenvalue weighted by Gasteiger charge is 2.09. The normalized spacial score (nSPS) is 9.45. The largest absolute Gasteiger partial charge is 0.484 e. The molecule has 0 saturated heterocycles. The lowest BCUT2D eigenvalue weighted by Crippen LogP contribution is -2.12. The van der Waals surface area contributed by atoms with Gasteiger partial charge in [0.1, 0.15) is 0 Å². The molecular formula is C8H14O3. The highest BCUT2D eigenvalue weighted by molar-refractivity contribution is 5.85. The first kappa shape index (κ1) is 10.0. The van der Waals surface area contributed by atoms with Crippen LogP contribution in [0.1, 0.15) is 20.8 Å². The molecule has 0 N–H and O–H groups in total. The molecule has 0 fully saturated rings. The van der Waals surface area contributed by atoms with E-state index in [0.29, 0.717) is 6.61 Å². The Bertz CT molecular complexity index is 149. The summed E-state index contributed by atoms with van der Waals surface area (Å²) in [6.07, 6.45) is -0.0353. The number of hydrogen-bond donors (Lipinski definition) is 0. The van der Waals surface area contributed by atoms with Gasteiger partial charge in [-0.2, -0.15) is 0 Å². The quantitative estimate of drug-likeness (QED) is 0.353. The van der Waals surface area contributed by atoms with Gasteiger partial charge in [0.2, 0.25) is 0 Å². The summed E-state index contributed by atoms with van der Waals surface area (Å²) in [4.78, 5) is 10.8. The number of ether oxygens (including phenoxy) is 2. The van der Waals surface area contributed by atoms with Crippen LogP contribution in [0.3, 0.4) is 0 Å². The highest BCUT2D eigenvalue weighted by Crippen LogP contribution is 2.01. The first-order chi connectivity index (χ1) is 5.07. The number of rotatable bonds is 4. The molecule has 11 heavy (non-hydrogen) atoms. The van der Waals surface area contributed by atoms with Crippen molar-refractivity contribution in [2.24, 2.45) is 0 Å². The molecule has 0 aliphatic rings. The van der Waals surface area contributed by atoms with Crippen LogP contribution in [0.5, 0.6) is 0 Å². The van der Waals surface area contributed by atoms with Crippen molar-refractivity contribution < 1.29 is 14.3 Å². The van der Waals surface area contributed by atoms with Gasteiger partial charge in [-0.25, -0.2) is 4.79 Å². The molecule has 0 aliphatic carbocycles. The minimum Gasteiger partial charge on any atom is -0.484 e. The highest BCUT2D eigenvalue weighted by atomic mass is 16.6. The van der Waals surface area contributed by atoms with E-state index in [0.717, 1.165) is 0 Å². The molecule has 3 heteroatoms. The van der Waals surface area contributed by atoms with Gasteiger partial charge in [0.15, 0.2) is 5.76 Å². The summed E-state index contributed by atoms with van der Waals surface area (Å²) in [6, 6.07) is 0. The van der Waals surface area contributed by atoms with Crippen LogP contribution in [0.2, 0.25) is 0 Å². The SMILES string of the molecule is C=C(OC(C)C)C(=O)OCC. The van der Waals surface area contributed by atoms with E-state index in [4.69, 9.17) is 4.74 Å². The van der Waals surface area contributed by atoms with Crippen LogP contribution < -0.4 is 0 Å². The van der Waals surface area contributed by atoms with Crippen LogP contribution in [0.4, 0.5) is 0 Å². The van der Waals surface area contributed by atoms with Gasteiger partial charge in [0.05, 0.1) is 12.7 Å². The van der Waals surface area contributed by atoms with E-state index in [9.17, 15) is 4.79 Å². The van der Waals surface area contributed by atoms with Gasteiger partial charge >= 0.3 is 5.97 Å². The second-order valence-electron chi connectivity index (χ2n) is 2.31. The molecule has 3 nitrogen and oxygen atoms in total. The van der Waals surface area contributed by atoms with E-state index in [1.807, 2.05) is 13.8 Å². The minimum absolute atomic E-state index is 0.0353. The third kappa shape index (κ3) is 4.42. The molecule has 0 aromatic carbocycles. The summed E-state index contributed by atoms with van der Waals surface area (Å²) >= 11 is 0. The van der Waals surface area contributed by atoms with Gasteiger partial charge in [-0.15, -0.1) is 0 Å². The first-order valence-electron chi connectivity index (χ1n) is 3.60. The summed E-state index contributed by atoms with van der Waals surface area (Å²) in [5, 5.41) is 0. The first-order valence-corrected chi connectivity index (χ1v) is 3.60. The Morgan fingerprint density at radius 2 is 2.09 bits per heavy atom. The molecule has 0 saturated carbocycles. The Hall–Kier alpha value is -0.990. The van der Waals surface area contributed by atoms with Crippen molar-refractivity contribution in [3.8, 4) is 0 Å². The van der Waals surface area contributed by atoms with Gasteiger partial charge in [-0.3, -0.25) is 0 Å². The third-order valence-electron chi connectivity index (χ3n) is 0.881. The molecule has 0 aliphatic heterocycles. The van der Waals surface area contributed by atoms with E-state index in [1.54, 1.807) is 6.92 Å². The van der Waals surface area contributed by atoms with Gasteiger partial charge < -0.3 is 9.47 Å². The van der Waals surface area contributed by atoms with Gasteiger partial charge in [-0.05, 0) is 27.4 Å². The van der Waals surface area contributed by atoms with Gasteiger partial charge in [-0.1, -0.05) is 0 Å². The molecule has 0 bridgehead atoms. The summed E-state index contributed by atoms with van der Waals surface area (Å²) in [6.45, 7) is 9.15. The molecule has 64 valence electrons.